The first kappa shape index (κ1) is 19.8. The fourth-order valence-corrected chi connectivity index (χ4v) is 2.93. The van der Waals surface area contributed by atoms with Crippen molar-refractivity contribution in [3.8, 4) is 0 Å². The smallest absolute Gasteiger partial charge is 0.336 e. The fourth-order valence-electron chi connectivity index (χ4n) is 2.93. The normalized spacial score (nSPS) is 10.8. The van der Waals surface area contributed by atoms with Crippen molar-refractivity contribution in [2.45, 2.75) is 5.60 Å². The second kappa shape index (κ2) is 8.37. The van der Waals surface area contributed by atoms with Crippen LogP contribution in [-0.2, 0) is 10.4 Å². The molecule has 7 heteroatoms. The number of carbonyl (C=O) groups excluding carboxylic acids is 2. The van der Waals surface area contributed by atoms with Gasteiger partial charge in [-0.3, -0.25) is 20.4 Å². The van der Waals surface area contributed by atoms with Crippen LogP contribution in [0.5, 0.6) is 0 Å². The molecule has 29 heavy (non-hydrogen) atoms. The molecule has 0 aliphatic rings. The lowest BCUT2D eigenvalue weighted by molar-refractivity contribution is -0.137. The minimum absolute atomic E-state index is 0.122. The van der Waals surface area contributed by atoms with Crippen LogP contribution in [0, 0.1) is 0 Å². The Morgan fingerprint density at radius 3 is 1.59 bits per heavy atom. The van der Waals surface area contributed by atoms with Gasteiger partial charge in [-0.2, -0.15) is 0 Å². The summed E-state index contributed by atoms with van der Waals surface area (Å²) in [4.78, 5) is 36.6. The van der Waals surface area contributed by atoms with Crippen LogP contribution in [0.15, 0.2) is 84.9 Å². The molecule has 0 heterocycles. The van der Waals surface area contributed by atoms with Crippen LogP contribution < -0.4 is 10.9 Å². The summed E-state index contributed by atoms with van der Waals surface area (Å²) in [7, 11) is 0. The van der Waals surface area contributed by atoms with Crippen LogP contribution in [-0.4, -0.2) is 28.0 Å². The van der Waals surface area contributed by atoms with E-state index in [9.17, 15) is 24.6 Å². The van der Waals surface area contributed by atoms with Crippen molar-refractivity contribution in [3.05, 3.63) is 107 Å². The molecule has 0 bridgehead atoms. The zero-order valence-corrected chi connectivity index (χ0v) is 15.2. The van der Waals surface area contributed by atoms with Crippen LogP contribution in [0.3, 0.4) is 0 Å². The monoisotopic (exact) mass is 390 g/mol. The van der Waals surface area contributed by atoms with E-state index in [-0.39, 0.29) is 11.1 Å². The molecule has 0 atom stereocenters. The Balaban J connectivity index is 1.87. The Kier molecular flexibility index (Phi) is 5.71. The van der Waals surface area contributed by atoms with Crippen LogP contribution in [0.25, 0.3) is 0 Å². The average Bonchev–Trinajstić information content (AvgIpc) is 2.77. The summed E-state index contributed by atoms with van der Waals surface area (Å²) in [6.07, 6.45) is 0. The quantitative estimate of drug-likeness (QED) is 0.498. The van der Waals surface area contributed by atoms with Gasteiger partial charge in [0.2, 0.25) is 0 Å². The number of hydrogen-bond acceptors (Lipinski definition) is 4. The Bertz CT molecular complexity index is 996. The van der Waals surface area contributed by atoms with E-state index < -0.39 is 23.4 Å². The largest absolute Gasteiger partial charge is 0.478 e. The van der Waals surface area contributed by atoms with E-state index in [0.717, 1.165) is 0 Å². The first-order valence-electron chi connectivity index (χ1n) is 8.71. The number of hydrogen-bond donors (Lipinski definition) is 4. The molecule has 4 N–H and O–H groups in total. The van der Waals surface area contributed by atoms with Gasteiger partial charge < -0.3 is 10.2 Å². The molecule has 0 aliphatic carbocycles. The molecule has 0 aliphatic heterocycles. The first-order valence-corrected chi connectivity index (χ1v) is 8.71. The molecule has 0 aromatic heterocycles. The van der Waals surface area contributed by atoms with Gasteiger partial charge in [0.05, 0.1) is 11.1 Å². The lowest BCUT2D eigenvalue weighted by Gasteiger charge is -2.28. The lowest BCUT2D eigenvalue weighted by atomic mass is 9.85. The van der Waals surface area contributed by atoms with Crippen molar-refractivity contribution in [3.63, 3.8) is 0 Å². The fraction of sp³-hybridized carbons (Fsp3) is 0.0455. The molecule has 0 radical (unpaired) electrons. The predicted molar refractivity (Wildman–Crippen MR) is 105 cm³/mol. The maximum absolute atomic E-state index is 12.9. The standard InChI is InChI=1S/C22H18N2O5/c25-19(17-13-7-8-14-18(17)20(26)27)23-24-21(28)22(29,15-9-3-1-4-10-15)16-11-5-2-6-12-16/h1-14,29H,(H,23,25)(H,24,28)(H,26,27). The Morgan fingerprint density at radius 2 is 1.10 bits per heavy atom. The molecule has 0 fully saturated rings. The summed E-state index contributed by atoms with van der Waals surface area (Å²) >= 11 is 0. The van der Waals surface area contributed by atoms with Gasteiger partial charge >= 0.3 is 5.97 Å². The van der Waals surface area contributed by atoms with E-state index in [0.29, 0.717) is 11.1 Å². The van der Waals surface area contributed by atoms with Crippen molar-refractivity contribution < 1.29 is 24.6 Å². The minimum atomic E-state index is -2.07. The van der Waals surface area contributed by atoms with Crippen LogP contribution >= 0.6 is 0 Å². The number of benzene rings is 3. The lowest BCUT2D eigenvalue weighted by Crippen LogP contribution is -2.52. The van der Waals surface area contributed by atoms with E-state index in [1.165, 1.54) is 24.3 Å². The highest BCUT2D eigenvalue weighted by Crippen LogP contribution is 2.29. The molecule has 0 saturated carbocycles. The highest BCUT2D eigenvalue weighted by Gasteiger charge is 2.40. The van der Waals surface area contributed by atoms with Crippen molar-refractivity contribution in [1.82, 2.24) is 10.9 Å². The van der Waals surface area contributed by atoms with Crippen LogP contribution in [0.4, 0.5) is 0 Å². The number of hydrazine groups is 1. The molecule has 3 aromatic rings. The third-order valence-corrected chi connectivity index (χ3v) is 4.40. The summed E-state index contributed by atoms with van der Waals surface area (Å²) in [6.45, 7) is 0. The topological polar surface area (TPSA) is 116 Å². The van der Waals surface area contributed by atoms with Gasteiger partial charge in [-0.25, -0.2) is 4.79 Å². The molecule has 3 rings (SSSR count). The number of carbonyl (C=O) groups is 3. The Hall–Kier alpha value is -3.97. The number of rotatable bonds is 5. The molecule has 7 nitrogen and oxygen atoms in total. The molecule has 0 unspecified atom stereocenters. The van der Waals surface area contributed by atoms with E-state index >= 15 is 0 Å². The zero-order valence-electron chi connectivity index (χ0n) is 15.2. The van der Waals surface area contributed by atoms with Crippen molar-refractivity contribution in [2.24, 2.45) is 0 Å². The summed E-state index contributed by atoms with van der Waals surface area (Å²) in [5, 5.41) is 20.5. The third kappa shape index (κ3) is 3.99. The molecule has 0 saturated heterocycles. The summed E-state index contributed by atoms with van der Waals surface area (Å²) < 4.78 is 0. The van der Waals surface area contributed by atoms with Gasteiger partial charge in [0.25, 0.3) is 11.8 Å². The number of aromatic carboxylic acids is 1. The van der Waals surface area contributed by atoms with Crippen LogP contribution in [0.1, 0.15) is 31.8 Å². The number of carboxylic acid groups (broad SMARTS) is 1. The number of carboxylic acids is 1. The van der Waals surface area contributed by atoms with Gasteiger partial charge in [-0.15, -0.1) is 0 Å². The summed E-state index contributed by atoms with van der Waals surface area (Å²) in [5.41, 5.74) is 2.60. The SMILES string of the molecule is O=C(O)c1ccccc1C(=O)NNC(=O)C(O)(c1ccccc1)c1ccccc1. The molecule has 2 amide bonds. The van der Waals surface area contributed by atoms with E-state index in [4.69, 9.17) is 0 Å². The molecule has 146 valence electrons. The van der Waals surface area contributed by atoms with Gasteiger partial charge in [-0.1, -0.05) is 72.8 Å². The highest BCUT2D eigenvalue weighted by molar-refractivity contribution is 6.05. The summed E-state index contributed by atoms with van der Waals surface area (Å²) in [5.74, 6) is -2.98. The van der Waals surface area contributed by atoms with E-state index in [2.05, 4.69) is 10.9 Å². The molecular formula is C22H18N2O5. The van der Waals surface area contributed by atoms with Gasteiger partial charge in [-0.05, 0) is 23.3 Å². The zero-order chi connectivity index (χ0) is 20.9. The van der Waals surface area contributed by atoms with E-state index in [1.807, 2.05) is 0 Å². The maximum Gasteiger partial charge on any atom is 0.336 e. The molecular weight excluding hydrogens is 372 g/mol. The molecule has 0 spiro atoms. The van der Waals surface area contributed by atoms with Gasteiger partial charge in [0, 0.05) is 0 Å². The Labute approximate surface area is 166 Å². The van der Waals surface area contributed by atoms with E-state index in [1.54, 1.807) is 60.7 Å². The predicted octanol–water partition coefficient (Wildman–Crippen LogP) is 2.08. The number of nitrogens with one attached hydrogen (secondary N) is 2. The van der Waals surface area contributed by atoms with Gasteiger partial charge in [0.15, 0.2) is 5.60 Å². The second-order valence-electron chi connectivity index (χ2n) is 6.20. The number of amides is 2. The van der Waals surface area contributed by atoms with Crippen LogP contribution in [0.2, 0.25) is 0 Å². The average molecular weight is 390 g/mol. The third-order valence-electron chi connectivity index (χ3n) is 4.40. The minimum Gasteiger partial charge on any atom is -0.478 e. The second-order valence-corrected chi connectivity index (χ2v) is 6.20. The van der Waals surface area contributed by atoms with Gasteiger partial charge in [0.1, 0.15) is 0 Å². The van der Waals surface area contributed by atoms with Crippen molar-refractivity contribution in [2.75, 3.05) is 0 Å². The van der Waals surface area contributed by atoms with Crippen molar-refractivity contribution >= 4 is 17.8 Å². The van der Waals surface area contributed by atoms with Crippen molar-refractivity contribution in [1.29, 1.82) is 0 Å². The molecule has 3 aromatic carbocycles. The highest BCUT2D eigenvalue weighted by atomic mass is 16.4. The number of aliphatic hydroxyl groups is 1. The Morgan fingerprint density at radius 1 is 0.655 bits per heavy atom. The first-order chi connectivity index (χ1) is 13.9. The summed E-state index contributed by atoms with van der Waals surface area (Å²) in [6, 6.07) is 22.2. The maximum atomic E-state index is 12.9.